The van der Waals surface area contributed by atoms with Gasteiger partial charge in [0.05, 0.1) is 5.69 Å². The highest BCUT2D eigenvalue weighted by Gasteiger charge is 2.07. The lowest BCUT2D eigenvalue weighted by atomic mass is 10.2. The van der Waals surface area contributed by atoms with Crippen molar-refractivity contribution in [2.24, 2.45) is 0 Å². The Labute approximate surface area is 107 Å². The molecule has 0 saturated carbocycles. The van der Waals surface area contributed by atoms with Gasteiger partial charge in [0.2, 0.25) is 5.88 Å². The summed E-state index contributed by atoms with van der Waals surface area (Å²) < 4.78 is 6.71. The Bertz CT molecular complexity index is 805. The molecule has 0 radical (unpaired) electrons. The number of fused-ring (bicyclic) bond motifs is 1. The van der Waals surface area contributed by atoms with Crippen LogP contribution in [0, 0.1) is 6.92 Å². The molecule has 2 heterocycles. The van der Waals surface area contributed by atoms with E-state index in [1.165, 1.54) is 0 Å². The first-order valence-corrected chi connectivity index (χ1v) is 5.62. The van der Waals surface area contributed by atoms with Crippen LogP contribution >= 0.6 is 0 Å². The number of ether oxygens (including phenoxy) is 1. The van der Waals surface area contributed by atoms with Crippen LogP contribution in [0.5, 0.6) is 11.6 Å². The summed E-state index contributed by atoms with van der Waals surface area (Å²) in [5.74, 6) is 0.775. The predicted octanol–water partition coefficient (Wildman–Crippen LogP) is 1.10. The average molecular weight is 257 g/mol. The monoisotopic (exact) mass is 257 g/mol. The third kappa shape index (κ3) is 1.90. The van der Waals surface area contributed by atoms with Gasteiger partial charge >= 0.3 is 5.69 Å². The van der Waals surface area contributed by atoms with E-state index in [2.05, 4.69) is 15.3 Å². The number of nitrogens with zero attached hydrogens (tertiary/aromatic N) is 3. The molecule has 3 aromatic rings. The van der Waals surface area contributed by atoms with Gasteiger partial charge in [-0.3, -0.25) is 0 Å². The van der Waals surface area contributed by atoms with Crippen molar-refractivity contribution in [3.8, 4) is 11.6 Å². The second-order valence-corrected chi connectivity index (χ2v) is 4.06. The summed E-state index contributed by atoms with van der Waals surface area (Å²) in [5, 5.41) is 10.1. The van der Waals surface area contributed by atoms with E-state index in [0.717, 1.165) is 10.1 Å². The lowest BCUT2D eigenvalue weighted by Crippen LogP contribution is -2.12. The van der Waals surface area contributed by atoms with E-state index in [1.54, 1.807) is 18.2 Å². The summed E-state index contributed by atoms with van der Waals surface area (Å²) >= 11 is 0. The van der Waals surface area contributed by atoms with Crippen molar-refractivity contribution in [2.45, 2.75) is 6.92 Å². The molecule has 0 atom stereocenters. The van der Waals surface area contributed by atoms with Crippen LogP contribution in [0.2, 0.25) is 0 Å². The minimum absolute atomic E-state index is 0.272. The van der Waals surface area contributed by atoms with Crippen molar-refractivity contribution in [1.29, 1.82) is 0 Å². The molecule has 0 unspecified atom stereocenters. The minimum atomic E-state index is -0.419. The van der Waals surface area contributed by atoms with Crippen LogP contribution in [-0.2, 0) is 0 Å². The smallest absolute Gasteiger partial charge is 0.364 e. The number of para-hydroxylation sites is 1. The number of rotatable bonds is 2. The first-order valence-electron chi connectivity index (χ1n) is 5.62. The molecule has 7 nitrogen and oxygen atoms in total. The van der Waals surface area contributed by atoms with E-state index in [0.29, 0.717) is 17.1 Å². The zero-order valence-corrected chi connectivity index (χ0v) is 10.1. The summed E-state index contributed by atoms with van der Waals surface area (Å²) in [5.41, 5.74) is 7.38. The molecule has 0 aliphatic carbocycles. The molecule has 7 heteroatoms. The van der Waals surface area contributed by atoms with E-state index in [4.69, 9.17) is 10.5 Å². The van der Waals surface area contributed by atoms with Crippen molar-refractivity contribution in [3.63, 3.8) is 0 Å². The fourth-order valence-corrected chi connectivity index (χ4v) is 1.70. The van der Waals surface area contributed by atoms with E-state index >= 15 is 0 Å². The Hall–Kier alpha value is -2.83. The van der Waals surface area contributed by atoms with Crippen LogP contribution < -0.4 is 16.2 Å². The zero-order valence-electron chi connectivity index (χ0n) is 10.1. The summed E-state index contributed by atoms with van der Waals surface area (Å²) in [6.45, 7) is 1.89. The third-order valence-electron chi connectivity index (χ3n) is 2.75. The summed E-state index contributed by atoms with van der Waals surface area (Å²) in [7, 11) is 0. The molecule has 96 valence electrons. The number of nitrogen functional groups attached to an aromatic ring is 1. The number of H-pyrrole nitrogens is 1. The Morgan fingerprint density at radius 2 is 2.16 bits per heavy atom. The Morgan fingerprint density at radius 1 is 1.32 bits per heavy atom. The van der Waals surface area contributed by atoms with Crippen molar-refractivity contribution >= 4 is 11.3 Å². The van der Waals surface area contributed by atoms with Crippen molar-refractivity contribution in [1.82, 2.24) is 19.8 Å². The number of aromatic nitrogens is 4. The summed E-state index contributed by atoms with van der Waals surface area (Å²) in [4.78, 5) is 11.4. The standard InChI is InChI=1S/C12H11N5O2/c1-7-3-2-4-8(11(7)13)19-10-6-5-9-14-15-12(18)17(9)16-10/h2-6H,13H2,1H3,(H,15,18). The third-order valence-corrected chi connectivity index (χ3v) is 2.75. The van der Waals surface area contributed by atoms with Gasteiger partial charge in [-0.1, -0.05) is 12.1 Å². The quantitative estimate of drug-likeness (QED) is 0.670. The highest BCUT2D eigenvalue weighted by Crippen LogP contribution is 2.28. The van der Waals surface area contributed by atoms with E-state index in [-0.39, 0.29) is 5.88 Å². The van der Waals surface area contributed by atoms with Crippen molar-refractivity contribution in [2.75, 3.05) is 5.73 Å². The van der Waals surface area contributed by atoms with Gasteiger partial charge in [-0.25, -0.2) is 9.89 Å². The Kier molecular flexibility index (Phi) is 2.45. The SMILES string of the molecule is Cc1cccc(Oc2ccc3n[nH]c(=O)n3n2)c1N. The molecule has 0 fully saturated rings. The van der Waals surface area contributed by atoms with E-state index in [1.807, 2.05) is 19.1 Å². The predicted molar refractivity (Wildman–Crippen MR) is 69.3 cm³/mol. The van der Waals surface area contributed by atoms with Crippen molar-refractivity contribution in [3.05, 3.63) is 46.4 Å². The number of benzene rings is 1. The molecule has 0 aliphatic heterocycles. The van der Waals surface area contributed by atoms with Gasteiger partial charge in [-0.2, -0.15) is 9.61 Å². The topological polar surface area (TPSA) is 98.3 Å². The van der Waals surface area contributed by atoms with Crippen LogP contribution in [0.15, 0.2) is 35.1 Å². The van der Waals surface area contributed by atoms with Gasteiger partial charge in [0.15, 0.2) is 11.4 Å². The summed E-state index contributed by atoms with van der Waals surface area (Å²) in [6, 6.07) is 8.72. The van der Waals surface area contributed by atoms with Gasteiger partial charge in [-0.05, 0) is 24.6 Å². The second kappa shape index (κ2) is 4.13. The van der Waals surface area contributed by atoms with Gasteiger partial charge in [-0.15, -0.1) is 5.10 Å². The molecule has 0 spiro atoms. The number of anilines is 1. The molecule has 1 aromatic carbocycles. The maximum atomic E-state index is 11.4. The van der Waals surface area contributed by atoms with Crippen LogP contribution in [0.25, 0.3) is 5.65 Å². The van der Waals surface area contributed by atoms with Crippen LogP contribution in [0.1, 0.15) is 5.56 Å². The fourth-order valence-electron chi connectivity index (χ4n) is 1.70. The molecule has 0 bridgehead atoms. The average Bonchev–Trinajstić information content (AvgIpc) is 2.77. The molecule has 0 amide bonds. The van der Waals surface area contributed by atoms with Crippen LogP contribution in [-0.4, -0.2) is 19.8 Å². The Balaban J connectivity index is 2.03. The number of aromatic amines is 1. The zero-order chi connectivity index (χ0) is 13.4. The molecule has 0 aliphatic rings. The van der Waals surface area contributed by atoms with Gasteiger partial charge in [0, 0.05) is 6.07 Å². The molecule has 0 saturated heterocycles. The molecule has 2 aromatic heterocycles. The normalized spacial score (nSPS) is 10.8. The number of hydrogen-bond donors (Lipinski definition) is 2. The lowest BCUT2D eigenvalue weighted by molar-refractivity contribution is 0.453. The lowest BCUT2D eigenvalue weighted by Gasteiger charge is -2.08. The Morgan fingerprint density at radius 3 is 3.00 bits per heavy atom. The van der Waals surface area contributed by atoms with E-state index < -0.39 is 5.69 Å². The number of nitrogens with two attached hydrogens (primary N) is 1. The van der Waals surface area contributed by atoms with Crippen molar-refractivity contribution < 1.29 is 4.74 Å². The first-order chi connectivity index (χ1) is 9.15. The minimum Gasteiger partial charge on any atom is -0.435 e. The van der Waals surface area contributed by atoms with E-state index in [9.17, 15) is 4.79 Å². The summed E-state index contributed by atoms with van der Waals surface area (Å²) in [6.07, 6.45) is 0. The highest BCUT2D eigenvalue weighted by atomic mass is 16.5. The molecular weight excluding hydrogens is 246 g/mol. The van der Waals surface area contributed by atoms with Crippen LogP contribution in [0.3, 0.4) is 0 Å². The molecule has 3 N–H and O–H groups in total. The number of hydrogen-bond acceptors (Lipinski definition) is 5. The van der Waals surface area contributed by atoms with Gasteiger partial charge in [0.25, 0.3) is 0 Å². The van der Waals surface area contributed by atoms with Crippen LogP contribution in [0.4, 0.5) is 5.69 Å². The highest BCUT2D eigenvalue weighted by molar-refractivity contribution is 5.58. The molecular formula is C12H11N5O2. The largest absolute Gasteiger partial charge is 0.435 e. The van der Waals surface area contributed by atoms with Gasteiger partial charge < -0.3 is 10.5 Å². The fraction of sp³-hybridized carbons (Fsp3) is 0.0833. The first kappa shape index (κ1) is 11.3. The number of aryl methyl sites for hydroxylation is 1. The molecule has 3 rings (SSSR count). The molecule has 19 heavy (non-hydrogen) atoms. The number of nitrogens with one attached hydrogen (secondary N) is 1. The maximum Gasteiger partial charge on any atom is 0.364 e. The maximum absolute atomic E-state index is 11.4. The second-order valence-electron chi connectivity index (χ2n) is 4.06. The van der Waals surface area contributed by atoms with Gasteiger partial charge in [0.1, 0.15) is 0 Å².